The summed E-state index contributed by atoms with van der Waals surface area (Å²) in [6.07, 6.45) is 8.54. The standard InChI is InChI=1S/C18H30N2/c1-3-20(4-2)18-13-11-17(12-14-18)19-15-16-9-7-5-6-8-10-16/h11-14,16,19H,3-10,15H2,1-2H3. The number of hydrogen-bond donors (Lipinski definition) is 1. The van der Waals surface area contributed by atoms with Crippen molar-refractivity contribution in [3.63, 3.8) is 0 Å². The van der Waals surface area contributed by atoms with Crippen molar-refractivity contribution in [3.05, 3.63) is 24.3 Å². The van der Waals surface area contributed by atoms with Crippen LogP contribution in [-0.2, 0) is 0 Å². The first-order chi connectivity index (χ1) is 9.83. The van der Waals surface area contributed by atoms with E-state index in [4.69, 9.17) is 0 Å². The Balaban J connectivity index is 1.83. The van der Waals surface area contributed by atoms with Gasteiger partial charge in [0.05, 0.1) is 0 Å². The number of anilines is 2. The number of benzene rings is 1. The van der Waals surface area contributed by atoms with Crippen molar-refractivity contribution in [2.24, 2.45) is 5.92 Å². The maximum Gasteiger partial charge on any atom is 0.0367 e. The van der Waals surface area contributed by atoms with Crippen molar-refractivity contribution in [3.8, 4) is 0 Å². The molecule has 1 aromatic carbocycles. The number of rotatable bonds is 6. The molecule has 0 spiro atoms. The van der Waals surface area contributed by atoms with Crippen LogP contribution in [0, 0.1) is 5.92 Å². The van der Waals surface area contributed by atoms with Gasteiger partial charge in [0.15, 0.2) is 0 Å². The van der Waals surface area contributed by atoms with Gasteiger partial charge in [-0.1, -0.05) is 25.7 Å². The predicted octanol–water partition coefficient (Wildman–Crippen LogP) is 4.92. The molecule has 112 valence electrons. The Hall–Kier alpha value is -1.18. The van der Waals surface area contributed by atoms with Crippen LogP contribution in [0.5, 0.6) is 0 Å². The average molecular weight is 274 g/mol. The molecule has 0 aromatic heterocycles. The fourth-order valence-corrected chi connectivity index (χ4v) is 3.21. The SMILES string of the molecule is CCN(CC)c1ccc(NCC2CCCCCC2)cc1. The molecule has 0 unspecified atom stereocenters. The third kappa shape index (κ3) is 4.43. The number of hydrogen-bond acceptors (Lipinski definition) is 2. The Kier molecular flexibility index (Phi) is 6.23. The lowest BCUT2D eigenvalue weighted by Gasteiger charge is -2.21. The topological polar surface area (TPSA) is 15.3 Å². The first kappa shape index (κ1) is 15.2. The Morgan fingerprint density at radius 1 is 0.950 bits per heavy atom. The molecule has 0 bridgehead atoms. The Morgan fingerprint density at radius 3 is 2.10 bits per heavy atom. The summed E-state index contributed by atoms with van der Waals surface area (Å²) in [5.41, 5.74) is 2.60. The van der Waals surface area contributed by atoms with Crippen LogP contribution in [0.2, 0.25) is 0 Å². The van der Waals surface area contributed by atoms with Crippen LogP contribution in [0.1, 0.15) is 52.4 Å². The highest BCUT2D eigenvalue weighted by Crippen LogP contribution is 2.24. The summed E-state index contributed by atoms with van der Waals surface area (Å²) >= 11 is 0. The summed E-state index contributed by atoms with van der Waals surface area (Å²) < 4.78 is 0. The molecule has 0 saturated heterocycles. The van der Waals surface area contributed by atoms with E-state index in [1.54, 1.807) is 0 Å². The van der Waals surface area contributed by atoms with Crippen LogP contribution in [0.15, 0.2) is 24.3 Å². The van der Waals surface area contributed by atoms with E-state index in [1.807, 2.05) is 0 Å². The molecule has 1 saturated carbocycles. The van der Waals surface area contributed by atoms with Crippen molar-refractivity contribution in [1.29, 1.82) is 0 Å². The lowest BCUT2D eigenvalue weighted by molar-refractivity contribution is 0.483. The van der Waals surface area contributed by atoms with Crippen LogP contribution in [0.25, 0.3) is 0 Å². The van der Waals surface area contributed by atoms with E-state index < -0.39 is 0 Å². The minimum Gasteiger partial charge on any atom is -0.385 e. The molecule has 0 aliphatic heterocycles. The molecule has 1 aromatic rings. The fourth-order valence-electron chi connectivity index (χ4n) is 3.21. The van der Waals surface area contributed by atoms with Gasteiger partial charge in [0, 0.05) is 31.0 Å². The zero-order chi connectivity index (χ0) is 14.2. The second-order valence-corrected chi connectivity index (χ2v) is 5.96. The summed E-state index contributed by atoms with van der Waals surface area (Å²) in [7, 11) is 0. The predicted molar refractivity (Wildman–Crippen MR) is 89.7 cm³/mol. The molecule has 0 amide bonds. The zero-order valence-corrected chi connectivity index (χ0v) is 13.2. The van der Waals surface area contributed by atoms with E-state index >= 15 is 0 Å². The Bertz CT molecular complexity index is 360. The number of nitrogens with one attached hydrogen (secondary N) is 1. The second kappa shape index (κ2) is 8.18. The summed E-state index contributed by atoms with van der Waals surface area (Å²) in [5, 5.41) is 3.63. The second-order valence-electron chi connectivity index (χ2n) is 5.96. The summed E-state index contributed by atoms with van der Waals surface area (Å²) in [6, 6.07) is 8.93. The smallest absolute Gasteiger partial charge is 0.0367 e. The third-order valence-corrected chi connectivity index (χ3v) is 4.57. The molecule has 1 aliphatic rings. The molecule has 1 N–H and O–H groups in total. The van der Waals surface area contributed by atoms with Gasteiger partial charge in [-0.25, -0.2) is 0 Å². The van der Waals surface area contributed by atoms with Gasteiger partial charge in [-0.15, -0.1) is 0 Å². The third-order valence-electron chi connectivity index (χ3n) is 4.57. The lowest BCUT2D eigenvalue weighted by atomic mass is 10.0. The van der Waals surface area contributed by atoms with Crippen LogP contribution in [-0.4, -0.2) is 19.6 Å². The monoisotopic (exact) mass is 274 g/mol. The van der Waals surface area contributed by atoms with E-state index in [0.717, 1.165) is 25.6 Å². The summed E-state index contributed by atoms with van der Waals surface area (Å²) in [5.74, 6) is 0.875. The van der Waals surface area contributed by atoms with Crippen molar-refractivity contribution in [1.82, 2.24) is 0 Å². The maximum atomic E-state index is 3.63. The minimum atomic E-state index is 0.875. The van der Waals surface area contributed by atoms with Gasteiger partial charge in [-0.05, 0) is 56.9 Å². The molecule has 0 atom stereocenters. The number of nitrogens with zero attached hydrogens (tertiary/aromatic N) is 1. The molecular formula is C18H30N2. The molecule has 2 nitrogen and oxygen atoms in total. The fraction of sp³-hybridized carbons (Fsp3) is 0.667. The van der Waals surface area contributed by atoms with Crippen molar-refractivity contribution in [2.45, 2.75) is 52.4 Å². The highest BCUT2D eigenvalue weighted by Gasteiger charge is 2.11. The highest BCUT2D eigenvalue weighted by molar-refractivity contribution is 5.55. The average Bonchev–Trinajstić information content (AvgIpc) is 2.76. The molecule has 2 heteroatoms. The largest absolute Gasteiger partial charge is 0.385 e. The quantitative estimate of drug-likeness (QED) is 0.741. The van der Waals surface area contributed by atoms with Crippen molar-refractivity contribution in [2.75, 3.05) is 29.9 Å². The van der Waals surface area contributed by atoms with Crippen LogP contribution in [0.4, 0.5) is 11.4 Å². The molecule has 1 aliphatic carbocycles. The Morgan fingerprint density at radius 2 is 1.55 bits per heavy atom. The molecular weight excluding hydrogens is 244 g/mol. The van der Waals surface area contributed by atoms with Gasteiger partial charge in [0.25, 0.3) is 0 Å². The van der Waals surface area contributed by atoms with E-state index in [1.165, 1.54) is 49.9 Å². The lowest BCUT2D eigenvalue weighted by Crippen LogP contribution is -2.21. The minimum absolute atomic E-state index is 0.875. The Labute approximate surface area is 124 Å². The van der Waals surface area contributed by atoms with Gasteiger partial charge in [0.1, 0.15) is 0 Å². The van der Waals surface area contributed by atoms with E-state index in [2.05, 4.69) is 48.3 Å². The van der Waals surface area contributed by atoms with Crippen molar-refractivity contribution >= 4 is 11.4 Å². The first-order valence-corrected chi connectivity index (χ1v) is 8.42. The summed E-state index contributed by atoms with van der Waals surface area (Å²) in [6.45, 7) is 7.71. The van der Waals surface area contributed by atoms with E-state index in [-0.39, 0.29) is 0 Å². The van der Waals surface area contributed by atoms with Crippen LogP contribution >= 0.6 is 0 Å². The van der Waals surface area contributed by atoms with Gasteiger partial charge >= 0.3 is 0 Å². The van der Waals surface area contributed by atoms with E-state index in [0.29, 0.717) is 0 Å². The molecule has 2 rings (SSSR count). The van der Waals surface area contributed by atoms with Crippen molar-refractivity contribution < 1.29 is 0 Å². The van der Waals surface area contributed by atoms with Gasteiger partial charge in [0.2, 0.25) is 0 Å². The van der Waals surface area contributed by atoms with E-state index in [9.17, 15) is 0 Å². The highest BCUT2D eigenvalue weighted by atomic mass is 15.1. The first-order valence-electron chi connectivity index (χ1n) is 8.42. The van der Waals surface area contributed by atoms with Gasteiger partial charge in [-0.3, -0.25) is 0 Å². The normalized spacial score (nSPS) is 16.7. The molecule has 0 radical (unpaired) electrons. The molecule has 1 fully saturated rings. The maximum absolute atomic E-state index is 3.63. The zero-order valence-electron chi connectivity index (χ0n) is 13.2. The molecule has 0 heterocycles. The van der Waals surface area contributed by atoms with Crippen LogP contribution in [0.3, 0.4) is 0 Å². The molecule has 20 heavy (non-hydrogen) atoms. The van der Waals surface area contributed by atoms with Gasteiger partial charge < -0.3 is 10.2 Å². The van der Waals surface area contributed by atoms with Gasteiger partial charge in [-0.2, -0.15) is 0 Å². The van der Waals surface area contributed by atoms with Crippen LogP contribution < -0.4 is 10.2 Å². The summed E-state index contributed by atoms with van der Waals surface area (Å²) in [4.78, 5) is 2.38.